The van der Waals surface area contributed by atoms with Crippen molar-refractivity contribution in [2.45, 2.75) is 19.4 Å². The molecule has 0 saturated heterocycles. The zero-order chi connectivity index (χ0) is 12.5. The van der Waals surface area contributed by atoms with Crippen LogP contribution in [-0.4, -0.2) is 19.5 Å². The maximum atomic E-state index is 11.0. The molecule has 0 aliphatic carbocycles. The lowest BCUT2D eigenvalue weighted by atomic mass is 10.2. The van der Waals surface area contributed by atoms with E-state index in [0.29, 0.717) is 19.6 Å². The minimum absolute atomic E-state index is 0.0358. The lowest BCUT2D eigenvalue weighted by molar-refractivity contribution is -0.119. The number of rotatable bonds is 7. The van der Waals surface area contributed by atoms with Gasteiger partial charge in [-0.25, -0.2) is 0 Å². The molecule has 0 saturated carbocycles. The van der Waals surface area contributed by atoms with E-state index in [2.05, 4.69) is 0 Å². The van der Waals surface area contributed by atoms with Crippen molar-refractivity contribution >= 4 is 5.78 Å². The number of ketones is 1. The fourth-order valence-corrected chi connectivity index (χ4v) is 1.27. The van der Waals surface area contributed by atoms with Gasteiger partial charge in [0, 0.05) is 6.42 Å². The van der Waals surface area contributed by atoms with E-state index in [1.165, 1.54) is 0 Å². The fraction of sp³-hybridized carbons (Fsp3) is 0.385. The quantitative estimate of drug-likeness (QED) is 0.676. The van der Waals surface area contributed by atoms with E-state index in [1.807, 2.05) is 30.3 Å². The largest absolute Gasteiger partial charge is 0.497 e. The van der Waals surface area contributed by atoms with E-state index >= 15 is 0 Å². The van der Waals surface area contributed by atoms with Gasteiger partial charge in [-0.1, -0.05) is 12.1 Å². The molecular formula is C13H15NO3. The molecule has 0 atom stereocenters. The molecule has 0 unspecified atom stereocenters. The minimum Gasteiger partial charge on any atom is -0.497 e. The second-order valence-electron chi connectivity index (χ2n) is 3.52. The third kappa shape index (κ3) is 5.14. The predicted molar refractivity (Wildman–Crippen MR) is 62.5 cm³/mol. The SMILES string of the molecule is COc1ccc(COCCC(=O)CC#N)cc1. The summed E-state index contributed by atoms with van der Waals surface area (Å²) in [5.74, 6) is 0.722. The summed E-state index contributed by atoms with van der Waals surface area (Å²) >= 11 is 0. The zero-order valence-corrected chi connectivity index (χ0v) is 9.81. The van der Waals surface area contributed by atoms with Gasteiger partial charge in [0.1, 0.15) is 11.5 Å². The van der Waals surface area contributed by atoms with Crippen molar-refractivity contribution in [3.63, 3.8) is 0 Å². The average molecular weight is 233 g/mol. The van der Waals surface area contributed by atoms with Gasteiger partial charge in [-0.2, -0.15) is 5.26 Å². The van der Waals surface area contributed by atoms with Crippen LogP contribution >= 0.6 is 0 Å². The van der Waals surface area contributed by atoms with Gasteiger partial charge in [-0.15, -0.1) is 0 Å². The summed E-state index contributed by atoms with van der Waals surface area (Å²) in [6, 6.07) is 9.37. The standard InChI is InChI=1S/C13H15NO3/c1-16-13-4-2-11(3-5-13)10-17-9-7-12(15)6-8-14/h2-5H,6-7,9-10H2,1H3. The summed E-state index contributed by atoms with van der Waals surface area (Å²) in [6.45, 7) is 0.816. The number of hydrogen-bond acceptors (Lipinski definition) is 4. The Morgan fingerprint density at radius 3 is 2.65 bits per heavy atom. The van der Waals surface area contributed by atoms with Gasteiger partial charge < -0.3 is 9.47 Å². The van der Waals surface area contributed by atoms with Gasteiger partial charge in [-0.05, 0) is 17.7 Å². The highest BCUT2D eigenvalue weighted by molar-refractivity contribution is 5.80. The molecule has 0 aromatic heterocycles. The molecule has 90 valence electrons. The highest BCUT2D eigenvalue weighted by atomic mass is 16.5. The lowest BCUT2D eigenvalue weighted by Gasteiger charge is -2.04. The van der Waals surface area contributed by atoms with Gasteiger partial charge in [0.15, 0.2) is 0 Å². The Hall–Kier alpha value is -1.86. The smallest absolute Gasteiger partial charge is 0.149 e. The Kier molecular flexibility index (Phi) is 5.76. The molecule has 4 nitrogen and oxygen atoms in total. The second-order valence-corrected chi connectivity index (χ2v) is 3.52. The van der Waals surface area contributed by atoms with Crippen molar-refractivity contribution in [1.82, 2.24) is 0 Å². The summed E-state index contributed by atoms with van der Waals surface area (Å²) < 4.78 is 10.4. The Balaban J connectivity index is 2.22. The summed E-state index contributed by atoms with van der Waals surface area (Å²) in [7, 11) is 1.62. The summed E-state index contributed by atoms with van der Waals surface area (Å²) in [6.07, 6.45) is 0.260. The average Bonchev–Trinajstić information content (AvgIpc) is 2.36. The van der Waals surface area contributed by atoms with Gasteiger partial charge in [0.2, 0.25) is 0 Å². The molecule has 0 N–H and O–H groups in total. The van der Waals surface area contributed by atoms with Crippen LogP contribution in [0, 0.1) is 11.3 Å². The number of methoxy groups -OCH3 is 1. The molecule has 4 heteroatoms. The topological polar surface area (TPSA) is 59.3 Å². The van der Waals surface area contributed by atoms with Crippen molar-refractivity contribution in [2.75, 3.05) is 13.7 Å². The molecule has 0 fully saturated rings. The Morgan fingerprint density at radius 1 is 1.35 bits per heavy atom. The first-order chi connectivity index (χ1) is 8.26. The van der Waals surface area contributed by atoms with Crippen molar-refractivity contribution < 1.29 is 14.3 Å². The van der Waals surface area contributed by atoms with E-state index in [0.717, 1.165) is 11.3 Å². The first kappa shape index (κ1) is 13.2. The van der Waals surface area contributed by atoms with Crippen LogP contribution in [0.25, 0.3) is 0 Å². The summed E-state index contributed by atoms with van der Waals surface area (Å²) in [5, 5.41) is 8.30. The molecule has 0 radical (unpaired) electrons. The van der Waals surface area contributed by atoms with E-state index in [1.54, 1.807) is 7.11 Å². The molecule has 0 aliphatic heterocycles. The maximum Gasteiger partial charge on any atom is 0.149 e. The van der Waals surface area contributed by atoms with Crippen LogP contribution in [0.2, 0.25) is 0 Å². The highest BCUT2D eigenvalue weighted by Crippen LogP contribution is 2.11. The molecular weight excluding hydrogens is 218 g/mol. The lowest BCUT2D eigenvalue weighted by Crippen LogP contribution is -2.03. The van der Waals surface area contributed by atoms with Crippen molar-refractivity contribution in [3.8, 4) is 11.8 Å². The number of benzene rings is 1. The van der Waals surface area contributed by atoms with Crippen LogP contribution in [0.3, 0.4) is 0 Å². The molecule has 0 bridgehead atoms. The van der Waals surface area contributed by atoms with Gasteiger partial charge >= 0.3 is 0 Å². The first-order valence-corrected chi connectivity index (χ1v) is 5.35. The number of carbonyl (C=O) groups is 1. The molecule has 1 aromatic carbocycles. The van der Waals surface area contributed by atoms with Crippen LogP contribution in [0.1, 0.15) is 18.4 Å². The number of nitrogens with zero attached hydrogens (tertiary/aromatic N) is 1. The molecule has 0 aliphatic rings. The number of hydrogen-bond donors (Lipinski definition) is 0. The first-order valence-electron chi connectivity index (χ1n) is 5.35. The van der Waals surface area contributed by atoms with Gasteiger partial charge in [0.05, 0.1) is 32.8 Å². The van der Waals surface area contributed by atoms with Crippen LogP contribution in [-0.2, 0) is 16.1 Å². The van der Waals surface area contributed by atoms with Crippen molar-refractivity contribution in [1.29, 1.82) is 5.26 Å². The normalized spacial score (nSPS) is 9.65. The number of Topliss-reactive ketones (excluding diaryl/α,β-unsaturated/α-hetero) is 1. The predicted octanol–water partition coefficient (Wildman–Crippen LogP) is 2.08. The highest BCUT2D eigenvalue weighted by Gasteiger charge is 2.00. The molecule has 0 amide bonds. The molecule has 17 heavy (non-hydrogen) atoms. The van der Waals surface area contributed by atoms with Crippen LogP contribution < -0.4 is 4.74 Å². The number of nitriles is 1. The van der Waals surface area contributed by atoms with Crippen LogP contribution in [0.4, 0.5) is 0 Å². The monoisotopic (exact) mass is 233 g/mol. The molecule has 0 spiro atoms. The van der Waals surface area contributed by atoms with Crippen molar-refractivity contribution in [3.05, 3.63) is 29.8 Å². The van der Waals surface area contributed by atoms with E-state index in [9.17, 15) is 4.79 Å². The van der Waals surface area contributed by atoms with E-state index in [4.69, 9.17) is 14.7 Å². The fourth-order valence-electron chi connectivity index (χ4n) is 1.27. The Morgan fingerprint density at radius 2 is 2.06 bits per heavy atom. The Labute approximate surface area is 101 Å². The molecule has 0 heterocycles. The van der Waals surface area contributed by atoms with E-state index < -0.39 is 0 Å². The van der Waals surface area contributed by atoms with Gasteiger partial charge in [-0.3, -0.25) is 4.79 Å². The third-order valence-electron chi connectivity index (χ3n) is 2.23. The zero-order valence-electron chi connectivity index (χ0n) is 9.81. The minimum atomic E-state index is -0.0813. The van der Waals surface area contributed by atoms with Crippen LogP contribution in [0.5, 0.6) is 5.75 Å². The summed E-state index contributed by atoms with van der Waals surface area (Å²) in [5.41, 5.74) is 1.03. The summed E-state index contributed by atoms with van der Waals surface area (Å²) in [4.78, 5) is 11.0. The third-order valence-corrected chi connectivity index (χ3v) is 2.23. The second kappa shape index (κ2) is 7.42. The number of carbonyl (C=O) groups excluding carboxylic acids is 1. The molecule has 1 aromatic rings. The maximum absolute atomic E-state index is 11.0. The van der Waals surface area contributed by atoms with Crippen molar-refractivity contribution in [2.24, 2.45) is 0 Å². The van der Waals surface area contributed by atoms with Gasteiger partial charge in [0.25, 0.3) is 0 Å². The number of ether oxygens (including phenoxy) is 2. The van der Waals surface area contributed by atoms with Crippen LogP contribution in [0.15, 0.2) is 24.3 Å². The van der Waals surface area contributed by atoms with E-state index in [-0.39, 0.29) is 12.2 Å². The Bertz CT molecular complexity index is 392. The molecule has 1 rings (SSSR count).